The summed E-state index contributed by atoms with van der Waals surface area (Å²) >= 11 is 0. The maximum atomic E-state index is 10.4. The van der Waals surface area contributed by atoms with Gasteiger partial charge in [0.2, 0.25) is 0 Å². The molecule has 0 fully saturated rings. The van der Waals surface area contributed by atoms with E-state index < -0.39 is 6.09 Å². The highest BCUT2D eigenvalue weighted by atomic mass is 16.5. The number of unbranched alkanes of at least 4 members (excludes halogenated alkanes) is 1. The summed E-state index contributed by atoms with van der Waals surface area (Å²) in [6.07, 6.45) is 1.03. The molecular formula is C15H19N3O2. The topological polar surface area (TPSA) is 77.2 Å². The zero-order valence-electron chi connectivity index (χ0n) is 11.3. The van der Waals surface area contributed by atoms with Gasteiger partial charge in [0.25, 0.3) is 0 Å². The van der Waals surface area contributed by atoms with Gasteiger partial charge in [0, 0.05) is 11.9 Å². The van der Waals surface area contributed by atoms with E-state index in [4.69, 9.17) is 5.73 Å². The number of hydrogen-bond donors (Lipinski definition) is 2. The molecule has 20 heavy (non-hydrogen) atoms. The van der Waals surface area contributed by atoms with Crippen LogP contribution in [0, 0.1) is 0 Å². The van der Waals surface area contributed by atoms with Crippen molar-refractivity contribution in [3.63, 3.8) is 0 Å². The molecule has 0 aliphatic rings. The lowest BCUT2D eigenvalue weighted by Gasteiger charge is -2.06. The molecule has 0 unspecified atom stereocenters. The van der Waals surface area contributed by atoms with Gasteiger partial charge in [-0.25, -0.2) is 4.79 Å². The SMILES string of the molecule is NC(=O)OCCCCNCc1ccc2ccccc2n1. The molecule has 1 aromatic heterocycles. The highest BCUT2D eigenvalue weighted by Gasteiger charge is 1.98. The Morgan fingerprint density at radius 2 is 2.05 bits per heavy atom. The molecule has 0 saturated carbocycles. The van der Waals surface area contributed by atoms with Crippen LogP contribution in [0.5, 0.6) is 0 Å². The van der Waals surface area contributed by atoms with Crippen LogP contribution in [0.4, 0.5) is 4.79 Å². The number of nitrogens with zero attached hydrogens (tertiary/aromatic N) is 1. The Hall–Kier alpha value is -2.14. The Bertz CT molecular complexity index is 572. The van der Waals surface area contributed by atoms with E-state index in [-0.39, 0.29) is 0 Å². The predicted octanol–water partition coefficient (Wildman–Crippen LogP) is 2.20. The number of pyridine rings is 1. The van der Waals surface area contributed by atoms with Crippen LogP contribution in [-0.4, -0.2) is 24.2 Å². The third kappa shape index (κ3) is 4.51. The Kier molecular flexibility index (Phi) is 5.32. The average molecular weight is 273 g/mol. The fraction of sp³-hybridized carbons (Fsp3) is 0.333. The molecule has 0 aliphatic carbocycles. The second kappa shape index (κ2) is 7.45. The molecule has 106 valence electrons. The molecule has 0 bridgehead atoms. The largest absolute Gasteiger partial charge is 0.450 e. The summed E-state index contributed by atoms with van der Waals surface area (Å²) in [7, 11) is 0. The third-order valence-corrected chi connectivity index (χ3v) is 2.95. The van der Waals surface area contributed by atoms with Crippen LogP contribution in [0.15, 0.2) is 36.4 Å². The second-order valence-corrected chi connectivity index (χ2v) is 4.55. The monoisotopic (exact) mass is 273 g/mol. The lowest BCUT2D eigenvalue weighted by Crippen LogP contribution is -2.17. The number of para-hydroxylation sites is 1. The number of ether oxygens (including phenoxy) is 1. The van der Waals surface area contributed by atoms with Gasteiger partial charge in [0.15, 0.2) is 0 Å². The van der Waals surface area contributed by atoms with Crippen LogP contribution < -0.4 is 11.1 Å². The van der Waals surface area contributed by atoms with Crippen molar-refractivity contribution in [1.29, 1.82) is 0 Å². The molecule has 0 radical (unpaired) electrons. The van der Waals surface area contributed by atoms with Crippen LogP contribution in [0.25, 0.3) is 10.9 Å². The molecule has 0 atom stereocenters. The van der Waals surface area contributed by atoms with E-state index in [1.807, 2.05) is 24.3 Å². The smallest absolute Gasteiger partial charge is 0.404 e. The van der Waals surface area contributed by atoms with Crippen molar-refractivity contribution in [2.45, 2.75) is 19.4 Å². The Balaban J connectivity index is 1.69. The fourth-order valence-electron chi connectivity index (χ4n) is 1.95. The van der Waals surface area contributed by atoms with Crippen molar-refractivity contribution < 1.29 is 9.53 Å². The van der Waals surface area contributed by atoms with Crippen molar-refractivity contribution in [2.75, 3.05) is 13.2 Å². The van der Waals surface area contributed by atoms with E-state index in [1.54, 1.807) is 0 Å². The summed E-state index contributed by atoms with van der Waals surface area (Å²) in [6, 6.07) is 12.2. The number of nitrogens with one attached hydrogen (secondary N) is 1. The summed E-state index contributed by atoms with van der Waals surface area (Å²) in [6.45, 7) is 1.98. The van der Waals surface area contributed by atoms with Gasteiger partial charge >= 0.3 is 6.09 Å². The van der Waals surface area contributed by atoms with Gasteiger partial charge in [-0.3, -0.25) is 4.98 Å². The van der Waals surface area contributed by atoms with Gasteiger partial charge in [-0.1, -0.05) is 24.3 Å². The number of fused-ring (bicyclic) bond motifs is 1. The van der Waals surface area contributed by atoms with Gasteiger partial charge in [-0.2, -0.15) is 0 Å². The number of amides is 1. The number of carbonyl (C=O) groups excluding carboxylic acids is 1. The number of aromatic nitrogens is 1. The Labute approximate surface area is 118 Å². The summed E-state index contributed by atoms with van der Waals surface area (Å²) in [5.74, 6) is 0. The number of rotatable bonds is 7. The molecule has 5 nitrogen and oxygen atoms in total. The zero-order valence-corrected chi connectivity index (χ0v) is 11.3. The highest BCUT2D eigenvalue weighted by molar-refractivity contribution is 5.78. The average Bonchev–Trinajstić information content (AvgIpc) is 2.46. The number of carbonyl (C=O) groups is 1. The molecule has 1 heterocycles. The van der Waals surface area contributed by atoms with Crippen LogP contribution >= 0.6 is 0 Å². The number of nitrogens with two attached hydrogens (primary N) is 1. The summed E-state index contributed by atoms with van der Waals surface area (Å²) in [4.78, 5) is 14.9. The van der Waals surface area contributed by atoms with Crippen molar-refractivity contribution in [2.24, 2.45) is 5.73 Å². The number of benzene rings is 1. The van der Waals surface area contributed by atoms with Crippen molar-refractivity contribution in [3.8, 4) is 0 Å². The van der Waals surface area contributed by atoms with E-state index in [0.717, 1.165) is 42.5 Å². The molecular weight excluding hydrogens is 254 g/mol. The van der Waals surface area contributed by atoms with Crippen molar-refractivity contribution >= 4 is 17.0 Å². The molecule has 0 spiro atoms. The molecule has 0 saturated heterocycles. The summed E-state index contributed by atoms with van der Waals surface area (Å²) in [5.41, 5.74) is 6.91. The molecule has 2 aromatic rings. The zero-order chi connectivity index (χ0) is 14.2. The standard InChI is InChI=1S/C15H19N3O2/c16-15(19)20-10-4-3-9-17-11-13-8-7-12-5-1-2-6-14(12)18-13/h1-2,5-8,17H,3-4,9-11H2,(H2,16,19). The Morgan fingerprint density at radius 1 is 1.20 bits per heavy atom. The van der Waals surface area contributed by atoms with Crippen LogP contribution in [0.2, 0.25) is 0 Å². The van der Waals surface area contributed by atoms with Gasteiger partial charge in [-0.15, -0.1) is 0 Å². The van der Waals surface area contributed by atoms with Gasteiger partial charge in [0.05, 0.1) is 17.8 Å². The summed E-state index contributed by atoms with van der Waals surface area (Å²) < 4.78 is 4.65. The first-order valence-electron chi connectivity index (χ1n) is 6.73. The highest BCUT2D eigenvalue weighted by Crippen LogP contribution is 2.11. The number of primary amides is 1. The second-order valence-electron chi connectivity index (χ2n) is 4.55. The third-order valence-electron chi connectivity index (χ3n) is 2.95. The first-order valence-corrected chi connectivity index (χ1v) is 6.73. The first-order chi connectivity index (χ1) is 9.75. The fourth-order valence-corrected chi connectivity index (χ4v) is 1.95. The minimum Gasteiger partial charge on any atom is -0.450 e. The predicted molar refractivity (Wildman–Crippen MR) is 78.2 cm³/mol. The molecule has 3 N–H and O–H groups in total. The van der Waals surface area contributed by atoms with E-state index >= 15 is 0 Å². The maximum absolute atomic E-state index is 10.4. The van der Waals surface area contributed by atoms with Gasteiger partial charge in [-0.05, 0) is 31.5 Å². The lowest BCUT2D eigenvalue weighted by molar-refractivity contribution is 0.154. The quantitative estimate of drug-likeness (QED) is 0.758. The van der Waals surface area contributed by atoms with Crippen LogP contribution in [0.1, 0.15) is 18.5 Å². The van der Waals surface area contributed by atoms with Crippen LogP contribution in [0.3, 0.4) is 0 Å². The minimum atomic E-state index is -0.710. The van der Waals surface area contributed by atoms with Gasteiger partial charge in [0.1, 0.15) is 0 Å². The van der Waals surface area contributed by atoms with Crippen LogP contribution in [-0.2, 0) is 11.3 Å². The summed E-state index contributed by atoms with van der Waals surface area (Å²) in [5, 5.41) is 4.47. The maximum Gasteiger partial charge on any atom is 0.404 e. The van der Waals surface area contributed by atoms with Crippen molar-refractivity contribution in [3.05, 3.63) is 42.1 Å². The van der Waals surface area contributed by atoms with E-state index in [1.165, 1.54) is 0 Å². The lowest BCUT2D eigenvalue weighted by atomic mass is 10.2. The molecule has 1 amide bonds. The van der Waals surface area contributed by atoms with Gasteiger partial charge < -0.3 is 15.8 Å². The molecule has 2 rings (SSSR count). The van der Waals surface area contributed by atoms with E-state index in [0.29, 0.717) is 6.61 Å². The normalized spacial score (nSPS) is 10.6. The van der Waals surface area contributed by atoms with Crippen molar-refractivity contribution in [1.82, 2.24) is 10.3 Å². The molecule has 5 heteroatoms. The molecule has 0 aliphatic heterocycles. The van der Waals surface area contributed by atoms with E-state index in [9.17, 15) is 4.79 Å². The minimum absolute atomic E-state index is 0.380. The first kappa shape index (κ1) is 14.3. The Morgan fingerprint density at radius 3 is 2.90 bits per heavy atom. The van der Waals surface area contributed by atoms with E-state index in [2.05, 4.69) is 27.2 Å². The molecule has 1 aromatic carbocycles. The number of hydrogen-bond acceptors (Lipinski definition) is 4.